The minimum atomic E-state index is -4.58. The van der Waals surface area contributed by atoms with Crippen molar-refractivity contribution in [1.29, 1.82) is 0 Å². The molecule has 0 radical (unpaired) electrons. The first-order chi connectivity index (χ1) is 11.4. The molecule has 4 aliphatic heterocycles. The zero-order valence-electron chi connectivity index (χ0n) is 14.3. The number of hydrogen-bond donors (Lipinski definition) is 2. The highest BCUT2D eigenvalue weighted by atomic mass is 32.2. The zero-order valence-corrected chi connectivity index (χ0v) is 16.0. The molecule has 9 nitrogen and oxygen atoms in total. The summed E-state index contributed by atoms with van der Waals surface area (Å²) in [4.78, 5) is 14.8. The molecule has 2 atom stereocenters. The van der Waals surface area contributed by atoms with Crippen LogP contribution in [-0.2, 0) is 24.7 Å². The summed E-state index contributed by atoms with van der Waals surface area (Å²) < 4.78 is 57.1. The highest BCUT2D eigenvalue weighted by Gasteiger charge is 2.54. The van der Waals surface area contributed by atoms with Crippen LogP contribution in [0.25, 0.3) is 0 Å². The standard InChI is InChI=1S/C14H25N3O6S2/c1-14(11-24(19,20)10-12(14)25(21,22)23)15-13(18)2-6-17-7-3-16(4-8-17)5-9-17/h12H,2-11H2,1H3,(H-,15,18,21,22,23)/p+1/t12-,14+/m1/s1. The molecule has 4 heterocycles. The molecule has 4 fully saturated rings. The van der Waals surface area contributed by atoms with Crippen molar-refractivity contribution in [3.8, 4) is 0 Å². The van der Waals surface area contributed by atoms with Crippen molar-refractivity contribution in [2.24, 2.45) is 0 Å². The lowest BCUT2D eigenvalue weighted by atomic mass is 10.0. The van der Waals surface area contributed by atoms with E-state index in [4.69, 9.17) is 0 Å². The lowest BCUT2D eigenvalue weighted by molar-refractivity contribution is -0.940. The second kappa shape index (κ2) is 6.15. The van der Waals surface area contributed by atoms with Crippen LogP contribution in [0.3, 0.4) is 0 Å². The molecule has 0 spiro atoms. The van der Waals surface area contributed by atoms with Gasteiger partial charge < -0.3 is 9.80 Å². The summed E-state index contributed by atoms with van der Waals surface area (Å²) in [6, 6.07) is 0. The van der Waals surface area contributed by atoms with E-state index >= 15 is 0 Å². The third kappa shape index (κ3) is 4.00. The third-order valence-corrected chi connectivity index (χ3v) is 9.40. The molecule has 11 heteroatoms. The van der Waals surface area contributed by atoms with Gasteiger partial charge in [0.2, 0.25) is 5.91 Å². The minimum Gasteiger partial charge on any atom is -0.348 e. The van der Waals surface area contributed by atoms with Crippen LogP contribution in [0.15, 0.2) is 0 Å². The van der Waals surface area contributed by atoms with Crippen molar-refractivity contribution in [1.82, 2.24) is 10.2 Å². The molecule has 0 aromatic carbocycles. The number of piperazine rings is 3. The van der Waals surface area contributed by atoms with Crippen LogP contribution < -0.4 is 5.32 Å². The second-order valence-electron chi connectivity index (χ2n) is 7.85. The number of hydrogen-bond acceptors (Lipinski definition) is 6. The number of carbonyl (C=O) groups is 1. The molecule has 1 amide bonds. The first-order valence-corrected chi connectivity index (χ1v) is 11.8. The van der Waals surface area contributed by atoms with E-state index < -0.39 is 42.2 Å². The van der Waals surface area contributed by atoms with E-state index in [-0.39, 0.29) is 12.3 Å². The molecule has 0 aromatic heterocycles. The quantitative estimate of drug-likeness (QED) is 0.411. The van der Waals surface area contributed by atoms with Crippen molar-refractivity contribution in [3.05, 3.63) is 0 Å². The Balaban J connectivity index is 1.65. The summed E-state index contributed by atoms with van der Waals surface area (Å²) in [5.41, 5.74) is -1.50. The molecule has 0 aromatic rings. The summed E-state index contributed by atoms with van der Waals surface area (Å²) >= 11 is 0. The maximum absolute atomic E-state index is 12.4. The summed E-state index contributed by atoms with van der Waals surface area (Å²) in [7, 11) is -8.22. The average molecular weight is 397 g/mol. The first-order valence-electron chi connectivity index (χ1n) is 8.48. The van der Waals surface area contributed by atoms with Crippen LogP contribution in [0, 0.1) is 0 Å². The summed E-state index contributed by atoms with van der Waals surface area (Å²) in [6.07, 6.45) is 0.216. The first kappa shape index (κ1) is 19.0. The van der Waals surface area contributed by atoms with Gasteiger partial charge in [-0.1, -0.05) is 0 Å². The molecule has 2 N–H and O–H groups in total. The number of carbonyl (C=O) groups excluding carboxylic acids is 1. The van der Waals surface area contributed by atoms with Gasteiger partial charge in [-0.3, -0.25) is 14.2 Å². The Hall–Kier alpha value is -0.750. The van der Waals surface area contributed by atoms with E-state index in [1.807, 2.05) is 0 Å². The Labute approximate surface area is 148 Å². The van der Waals surface area contributed by atoms with Crippen molar-refractivity contribution in [2.75, 3.05) is 57.3 Å². The van der Waals surface area contributed by atoms with Crippen LogP contribution in [0.5, 0.6) is 0 Å². The summed E-state index contributed by atoms with van der Waals surface area (Å²) in [5, 5.41) is 1.06. The van der Waals surface area contributed by atoms with Crippen molar-refractivity contribution in [2.45, 2.75) is 24.1 Å². The summed E-state index contributed by atoms with van der Waals surface area (Å²) in [5.74, 6) is -1.52. The van der Waals surface area contributed by atoms with Crippen LogP contribution in [0.2, 0.25) is 0 Å². The van der Waals surface area contributed by atoms with Crippen molar-refractivity contribution >= 4 is 25.9 Å². The highest BCUT2D eigenvalue weighted by molar-refractivity contribution is 7.94. The van der Waals surface area contributed by atoms with Gasteiger partial charge in [-0.2, -0.15) is 8.42 Å². The van der Waals surface area contributed by atoms with Gasteiger partial charge >= 0.3 is 0 Å². The van der Waals surface area contributed by atoms with Gasteiger partial charge in [-0.05, 0) is 6.92 Å². The normalized spacial score (nSPS) is 40.1. The lowest BCUT2D eigenvalue weighted by Gasteiger charge is -2.50. The zero-order chi connectivity index (χ0) is 18.5. The predicted molar refractivity (Wildman–Crippen MR) is 91.3 cm³/mol. The van der Waals surface area contributed by atoms with Gasteiger partial charge in [-0.25, -0.2) is 8.42 Å². The van der Waals surface area contributed by atoms with Gasteiger partial charge in [0.25, 0.3) is 10.1 Å². The molecular formula is C14H26N3O6S2+. The molecule has 0 unspecified atom stereocenters. The number of rotatable bonds is 5. The molecule has 2 bridgehead atoms. The third-order valence-electron chi connectivity index (χ3n) is 5.91. The van der Waals surface area contributed by atoms with Gasteiger partial charge in [-0.15, -0.1) is 0 Å². The smallest absolute Gasteiger partial charge is 0.271 e. The number of nitrogens with zero attached hydrogens (tertiary/aromatic N) is 2. The largest absolute Gasteiger partial charge is 0.348 e. The predicted octanol–water partition coefficient (Wildman–Crippen LogP) is -1.92. The molecular weight excluding hydrogens is 370 g/mol. The Morgan fingerprint density at radius 2 is 1.84 bits per heavy atom. The SMILES string of the molecule is C[C@]1(NC(=O)CC[N+]23CCN(CC2)CC3)CS(=O)(=O)C[C@H]1S(=O)(=O)O. The molecule has 25 heavy (non-hydrogen) atoms. The van der Waals surface area contributed by atoms with Crippen LogP contribution >= 0.6 is 0 Å². The molecule has 0 aliphatic carbocycles. The van der Waals surface area contributed by atoms with Gasteiger partial charge in [0, 0.05) is 19.6 Å². The van der Waals surface area contributed by atoms with Crippen LogP contribution in [0.1, 0.15) is 13.3 Å². The maximum atomic E-state index is 12.4. The molecule has 4 saturated heterocycles. The maximum Gasteiger partial charge on any atom is 0.271 e. The molecule has 4 aliphatic rings. The van der Waals surface area contributed by atoms with Gasteiger partial charge in [0.1, 0.15) is 5.25 Å². The van der Waals surface area contributed by atoms with Crippen LogP contribution in [-0.4, -0.2) is 105 Å². The fourth-order valence-corrected chi connectivity index (χ4v) is 8.69. The number of sulfone groups is 1. The Morgan fingerprint density at radius 1 is 1.28 bits per heavy atom. The Morgan fingerprint density at radius 3 is 2.36 bits per heavy atom. The average Bonchev–Trinajstić information content (AvgIpc) is 2.76. The fourth-order valence-electron chi connectivity index (χ4n) is 4.34. The lowest BCUT2D eigenvalue weighted by Crippen LogP contribution is -2.67. The van der Waals surface area contributed by atoms with E-state index in [1.54, 1.807) is 0 Å². The summed E-state index contributed by atoms with van der Waals surface area (Å²) in [6.45, 7) is 8.15. The van der Waals surface area contributed by atoms with Gasteiger partial charge in [0.15, 0.2) is 9.84 Å². The number of amides is 1. The van der Waals surface area contributed by atoms with Gasteiger partial charge in [0.05, 0.1) is 49.6 Å². The van der Waals surface area contributed by atoms with E-state index in [9.17, 15) is 26.2 Å². The highest BCUT2D eigenvalue weighted by Crippen LogP contribution is 2.29. The number of quaternary nitrogens is 1. The monoisotopic (exact) mass is 396 g/mol. The van der Waals surface area contributed by atoms with E-state index in [0.717, 1.165) is 43.8 Å². The molecule has 0 saturated carbocycles. The Bertz CT molecular complexity index is 744. The van der Waals surface area contributed by atoms with E-state index in [1.165, 1.54) is 6.92 Å². The van der Waals surface area contributed by atoms with Crippen molar-refractivity contribution in [3.63, 3.8) is 0 Å². The number of nitrogens with one attached hydrogen (secondary N) is 1. The topological polar surface area (TPSA) is 121 Å². The van der Waals surface area contributed by atoms with E-state index in [2.05, 4.69) is 10.2 Å². The number of fused-ring (bicyclic) bond motifs is 3. The minimum absolute atomic E-state index is 0.216. The molecule has 144 valence electrons. The van der Waals surface area contributed by atoms with Crippen LogP contribution in [0.4, 0.5) is 0 Å². The Kier molecular flexibility index (Phi) is 4.68. The van der Waals surface area contributed by atoms with Crippen molar-refractivity contribution < 1.29 is 30.7 Å². The fraction of sp³-hybridized carbons (Fsp3) is 0.929. The second-order valence-corrected chi connectivity index (χ2v) is 11.6. The molecule has 4 rings (SSSR count). The van der Waals surface area contributed by atoms with E-state index in [0.29, 0.717) is 6.54 Å².